The summed E-state index contributed by atoms with van der Waals surface area (Å²) < 4.78 is 0. The molecule has 0 aromatic heterocycles. The normalized spacial score (nSPS) is 18.4. The molecule has 2 aromatic rings. The SMILES string of the molecule is O=C(Nc1ccc(N2CCN(C(=O)C3CC3)CC2)c(C(=O)N2CCCCC2)c1)c1ccc(Cl)cc1. The van der Waals surface area contributed by atoms with Crippen LogP contribution in [-0.2, 0) is 4.79 Å². The van der Waals surface area contributed by atoms with Crippen LogP contribution < -0.4 is 10.2 Å². The number of piperazine rings is 1. The maximum absolute atomic E-state index is 13.6. The van der Waals surface area contributed by atoms with Crippen LogP contribution in [0.1, 0.15) is 52.8 Å². The third-order valence-electron chi connectivity index (χ3n) is 7.09. The van der Waals surface area contributed by atoms with Crippen molar-refractivity contribution in [2.24, 2.45) is 5.92 Å². The molecular formula is C27H31ClN4O3. The Morgan fingerprint density at radius 1 is 0.800 bits per heavy atom. The lowest BCUT2D eigenvalue weighted by Gasteiger charge is -2.37. The molecule has 7 nitrogen and oxygen atoms in total. The summed E-state index contributed by atoms with van der Waals surface area (Å²) in [4.78, 5) is 44.9. The van der Waals surface area contributed by atoms with Gasteiger partial charge in [-0.05, 0) is 74.6 Å². The molecule has 1 N–H and O–H groups in total. The van der Waals surface area contributed by atoms with Crippen molar-refractivity contribution in [3.63, 3.8) is 0 Å². The summed E-state index contributed by atoms with van der Waals surface area (Å²) >= 11 is 5.94. The highest BCUT2D eigenvalue weighted by Gasteiger charge is 2.35. The molecule has 0 bridgehead atoms. The highest BCUT2D eigenvalue weighted by molar-refractivity contribution is 6.30. The summed E-state index contributed by atoms with van der Waals surface area (Å²) in [5.41, 5.74) is 2.54. The molecule has 2 heterocycles. The Morgan fingerprint density at radius 3 is 2.14 bits per heavy atom. The quantitative estimate of drug-likeness (QED) is 0.673. The topological polar surface area (TPSA) is 73.0 Å². The summed E-state index contributed by atoms with van der Waals surface area (Å²) in [6.45, 7) is 4.22. The van der Waals surface area contributed by atoms with Gasteiger partial charge in [-0.1, -0.05) is 11.6 Å². The predicted molar refractivity (Wildman–Crippen MR) is 137 cm³/mol. The summed E-state index contributed by atoms with van der Waals surface area (Å²) in [6, 6.07) is 12.3. The second-order valence-corrected chi connectivity index (χ2v) is 10.1. The number of halogens is 1. The smallest absolute Gasteiger partial charge is 0.256 e. The van der Waals surface area contributed by atoms with Gasteiger partial charge in [0.05, 0.1) is 5.56 Å². The number of rotatable bonds is 5. The monoisotopic (exact) mass is 494 g/mol. The Balaban J connectivity index is 1.36. The second kappa shape index (κ2) is 10.3. The highest BCUT2D eigenvalue weighted by Crippen LogP contribution is 2.32. The van der Waals surface area contributed by atoms with Crippen molar-refractivity contribution >= 4 is 40.7 Å². The standard InChI is InChI=1S/C27H31ClN4O3/c28-21-8-6-19(7-9-21)25(33)29-22-10-11-24(23(18-22)27(35)31-12-2-1-3-13-31)30-14-16-32(17-15-30)26(34)20-4-5-20/h6-11,18,20H,1-5,12-17H2,(H,29,33). The minimum atomic E-state index is -0.252. The number of benzene rings is 2. The van der Waals surface area contributed by atoms with Gasteiger partial charge in [0.1, 0.15) is 0 Å². The molecule has 2 aromatic carbocycles. The number of amides is 3. The third-order valence-corrected chi connectivity index (χ3v) is 7.35. The number of piperidine rings is 1. The van der Waals surface area contributed by atoms with E-state index in [9.17, 15) is 14.4 Å². The van der Waals surface area contributed by atoms with E-state index in [2.05, 4.69) is 10.2 Å². The summed E-state index contributed by atoms with van der Waals surface area (Å²) in [7, 11) is 0. The maximum Gasteiger partial charge on any atom is 0.256 e. The van der Waals surface area contributed by atoms with Crippen LogP contribution in [-0.4, -0.2) is 66.8 Å². The molecule has 3 aliphatic rings. The molecule has 184 valence electrons. The predicted octanol–water partition coefficient (Wildman–Crippen LogP) is 4.28. The molecule has 0 radical (unpaired) electrons. The van der Waals surface area contributed by atoms with E-state index in [4.69, 9.17) is 11.6 Å². The molecule has 0 spiro atoms. The molecule has 1 aliphatic carbocycles. The molecular weight excluding hydrogens is 464 g/mol. The fraction of sp³-hybridized carbons (Fsp3) is 0.444. The number of nitrogens with zero attached hydrogens (tertiary/aromatic N) is 3. The van der Waals surface area contributed by atoms with Crippen LogP contribution in [0.3, 0.4) is 0 Å². The number of anilines is 2. The Kier molecular flexibility index (Phi) is 6.95. The van der Waals surface area contributed by atoms with Crippen LogP contribution in [0, 0.1) is 5.92 Å². The van der Waals surface area contributed by atoms with Crippen molar-refractivity contribution in [3.05, 3.63) is 58.6 Å². The first-order chi connectivity index (χ1) is 17.0. The van der Waals surface area contributed by atoms with Gasteiger partial charge in [-0.2, -0.15) is 0 Å². The van der Waals surface area contributed by atoms with Gasteiger partial charge in [-0.15, -0.1) is 0 Å². The van der Waals surface area contributed by atoms with Gasteiger partial charge < -0.3 is 20.0 Å². The van der Waals surface area contributed by atoms with E-state index in [1.54, 1.807) is 30.3 Å². The Bertz CT molecular complexity index is 1100. The van der Waals surface area contributed by atoms with E-state index >= 15 is 0 Å². The van der Waals surface area contributed by atoms with Crippen LogP contribution in [0.2, 0.25) is 5.02 Å². The van der Waals surface area contributed by atoms with E-state index < -0.39 is 0 Å². The Labute approximate surface area is 211 Å². The van der Waals surface area contributed by atoms with Gasteiger partial charge in [0.25, 0.3) is 11.8 Å². The fourth-order valence-electron chi connectivity index (χ4n) is 4.89. The average molecular weight is 495 g/mol. The number of hydrogen-bond acceptors (Lipinski definition) is 4. The lowest BCUT2D eigenvalue weighted by molar-refractivity contribution is -0.132. The average Bonchev–Trinajstić information content (AvgIpc) is 3.74. The first-order valence-electron chi connectivity index (χ1n) is 12.5. The molecule has 3 fully saturated rings. The summed E-state index contributed by atoms with van der Waals surface area (Å²) in [5.74, 6) is 0.243. The van der Waals surface area contributed by atoms with Crippen molar-refractivity contribution in [2.75, 3.05) is 49.5 Å². The minimum absolute atomic E-state index is 0.00113. The van der Waals surface area contributed by atoms with Crippen LogP contribution in [0.15, 0.2) is 42.5 Å². The zero-order valence-corrected chi connectivity index (χ0v) is 20.6. The Morgan fingerprint density at radius 2 is 1.49 bits per heavy atom. The van der Waals surface area contributed by atoms with Gasteiger partial charge in [-0.25, -0.2) is 0 Å². The lowest BCUT2D eigenvalue weighted by Crippen LogP contribution is -2.49. The van der Waals surface area contributed by atoms with E-state index in [-0.39, 0.29) is 23.6 Å². The Hall–Kier alpha value is -3.06. The second-order valence-electron chi connectivity index (χ2n) is 9.63. The molecule has 5 rings (SSSR count). The molecule has 2 saturated heterocycles. The van der Waals surface area contributed by atoms with E-state index in [1.165, 1.54) is 0 Å². The fourth-order valence-corrected chi connectivity index (χ4v) is 5.01. The van der Waals surface area contributed by atoms with E-state index in [0.29, 0.717) is 48.0 Å². The van der Waals surface area contributed by atoms with Gasteiger partial charge in [0, 0.05) is 67.1 Å². The van der Waals surface area contributed by atoms with Crippen molar-refractivity contribution in [1.29, 1.82) is 0 Å². The largest absolute Gasteiger partial charge is 0.367 e. The first-order valence-corrected chi connectivity index (χ1v) is 12.9. The number of carbonyl (C=O) groups is 3. The van der Waals surface area contributed by atoms with Crippen molar-refractivity contribution in [2.45, 2.75) is 32.1 Å². The van der Waals surface area contributed by atoms with Gasteiger partial charge in [-0.3, -0.25) is 14.4 Å². The van der Waals surface area contributed by atoms with Gasteiger partial charge in [0.2, 0.25) is 5.91 Å². The molecule has 8 heteroatoms. The van der Waals surface area contributed by atoms with Gasteiger partial charge >= 0.3 is 0 Å². The maximum atomic E-state index is 13.6. The van der Waals surface area contributed by atoms with Crippen LogP contribution in [0.25, 0.3) is 0 Å². The summed E-state index contributed by atoms with van der Waals surface area (Å²) in [6.07, 6.45) is 5.18. The summed E-state index contributed by atoms with van der Waals surface area (Å²) in [5, 5.41) is 3.49. The van der Waals surface area contributed by atoms with Gasteiger partial charge in [0.15, 0.2) is 0 Å². The minimum Gasteiger partial charge on any atom is -0.367 e. The molecule has 35 heavy (non-hydrogen) atoms. The zero-order chi connectivity index (χ0) is 24.4. The molecule has 2 aliphatic heterocycles. The molecule has 3 amide bonds. The third kappa shape index (κ3) is 5.45. The van der Waals surface area contributed by atoms with Crippen LogP contribution >= 0.6 is 11.6 Å². The number of nitrogens with one attached hydrogen (secondary N) is 1. The number of hydrogen-bond donors (Lipinski definition) is 1. The van der Waals surface area contributed by atoms with Crippen LogP contribution in [0.4, 0.5) is 11.4 Å². The highest BCUT2D eigenvalue weighted by atomic mass is 35.5. The van der Waals surface area contributed by atoms with E-state index in [1.807, 2.05) is 21.9 Å². The molecule has 0 unspecified atom stereocenters. The lowest BCUT2D eigenvalue weighted by atomic mass is 10.0. The van der Waals surface area contributed by atoms with Crippen molar-refractivity contribution < 1.29 is 14.4 Å². The number of likely N-dealkylation sites (tertiary alicyclic amines) is 1. The first kappa shape index (κ1) is 23.7. The van der Waals surface area contributed by atoms with Crippen molar-refractivity contribution in [3.8, 4) is 0 Å². The molecule has 0 atom stereocenters. The van der Waals surface area contributed by atoms with Crippen LogP contribution in [0.5, 0.6) is 0 Å². The van der Waals surface area contributed by atoms with Crippen molar-refractivity contribution in [1.82, 2.24) is 9.80 Å². The zero-order valence-electron chi connectivity index (χ0n) is 19.8. The number of carbonyl (C=O) groups excluding carboxylic acids is 3. The molecule has 1 saturated carbocycles. The van der Waals surface area contributed by atoms with E-state index in [0.717, 1.165) is 50.9 Å².